The third-order valence-electron chi connectivity index (χ3n) is 5.89. The Kier molecular flexibility index (Phi) is 1.92. The molecule has 0 saturated heterocycles. The summed E-state index contributed by atoms with van der Waals surface area (Å²) >= 11 is 0. The Morgan fingerprint density at radius 3 is 2.73 bits per heavy atom. The van der Waals surface area contributed by atoms with Gasteiger partial charge in [0.15, 0.2) is 0 Å². The average Bonchev–Trinajstić information content (AvgIpc) is 2.75. The molecule has 3 aliphatic carbocycles. The van der Waals surface area contributed by atoms with Crippen molar-refractivity contribution < 1.29 is 0 Å². The average molecular weight is 204 g/mol. The van der Waals surface area contributed by atoms with Crippen molar-refractivity contribution in [3.63, 3.8) is 0 Å². The van der Waals surface area contributed by atoms with Crippen molar-refractivity contribution in [3.8, 4) is 0 Å². The number of allylic oxidation sites excluding steroid dienone is 2. The lowest BCUT2D eigenvalue weighted by Crippen LogP contribution is -2.27. The van der Waals surface area contributed by atoms with Crippen LogP contribution in [0.25, 0.3) is 0 Å². The summed E-state index contributed by atoms with van der Waals surface area (Å²) in [7, 11) is 0. The molecule has 0 aromatic carbocycles. The predicted octanol–water partition coefficient (Wildman–Crippen LogP) is 4.27. The van der Waals surface area contributed by atoms with E-state index in [1.807, 2.05) is 0 Å². The van der Waals surface area contributed by atoms with E-state index in [-0.39, 0.29) is 0 Å². The highest BCUT2D eigenvalue weighted by Crippen LogP contribution is 2.77. The molecule has 0 N–H and O–H groups in total. The second-order valence-electron chi connectivity index (χ2n) is 6.65. The lowest BCUT2D eigenvalue weighted by atomic mass is 9.70. The molecule has 84 valence electrons. The number of rotatable bonds is 1. The third kappa shape index (κ3) is 1.04. The quantitative estimate of drug-likeness (QED) is 0.559. The molecule has 4 unspecified atom stereocenters. The number of hydrogen-bond acceptors (Lipinski definition) is 0. The fourth-order valence-electron chi connectivity index (χ4n) is 5.05. The lowest BCUT2D eigenvalue weighted by molar-refractivity contribution is 0.149. The van der Waals surface area contributed by atoms with Crippen LogP contribution in [0.2, 0.25) is 0 Å². The van der Waals surface area contributed by atoms with E-state index in [1.165, 1.54) is 19.3 Å². The van der Waals surface area contributed by atoms with Gasteiger partial charge < -0.3 is 0 Å². The molecular formula is C15H24. The SMILES string of the molecule is CC1=CCC23C(C)CC[C@@H](C(C)C)C2C13. The Morgan fingerprint density at radius 2 is 2.07 bits per heavy atom. The molecule has 2 saturated carbocycles. The first-order valence-electron chi connectivity index (χ1n) is 6.75. The van der Waals surface area contributed by atoms with Crippen molar-refractivity contribution in [2.24, 2.45) is 35.0 Å². The van der Waals surface area contributed by atoms with Crippen LogP contribution in [0.1, 0.15) is 47.0 Å². The van der Waals surface area contributed by atoms with Gasteiger partial charge in [-0.05, 0) is 61.2 Å². The highest BCUT2D eigenvalue weighted by Gasteiger charge is 2.71. The normalized spacial score (nSPS) is 52.5. The van der Waals surface area contributed by atoms with Crippen LogP contribution < -0.4 is 0 Å². The van der Waals surface area contributed by atoms with E-state index in [0.717, 1.165) is 35.0 Å². The van der Waals surface area contributed by atoms with Gasteiger partial charge in [0.25, 0.3) is 0 Å². The maximum Gasteiger partial charge on any atom is -0.0104 e. The van der Waals surface area contributed by atoms with Gasteiger partial charge >= 0.3 is 0 Å². The summed E-state index contributed by atoms with van der Waals surface area (Å²) in [6.07, 6.45) is 6.91. The molecule has 3 aliphatic rings. The van der Waals surface area contributed by atoms with E-state index < -0.39 is 0 Å². The van der Waals surface area contributed by atoms with Gasteiger partial charge in [0, 0.05) is 0 Å². The molecule has 0 nitrogen and oxygen atoms in total. The maximum atomic E-state index is 2.53. The molecule has 0 amide bonds. The van der Waals surface area contributed by atoms with Crippen LogP contribution in [0.5, 0.6) is 0 Å². The zero-order valence-corrected chi connectivity index (χ0v) is 10.6. The molecule has 0 radical (unpaired) electrons. The van der Waals surface area contributed by atoms with Crippen molar-refractivity contribution in [2.75, 3.05) is 0 Å². The van der Waals surface area contributed by atoms with E-state index in [0.29, 0.717) is 0 Å². The Morgan fingerprint density at radius 1 is 1.33 bits per heavy atom. The van der Waals surface area contributed by atoms with Gasteiger partial charge in [-0.25, -0.2) is 0 Å². The minimum absolute atomic E-state index is 0.747. The first-order valence-corrected chi connectivity index (χ1v) is 6.75. The predicted molar refractivity (Wildman–Crippen MR) is 64.5 cm³/mol. The molecule has 2 fully saturated rings. The molecule has 15 heavy (non-hydrogen) atoms. The standard InChI is InChI=1S/C15H24/c1-9(2)12-6-5-11(4)15-8-7-10(3)13(15)14(12)15/h7,9,11-14H,5-6,8H2,1-4H3/t11?,12-,13?,14?,15?/m0/s1. The fraction of sp³-hybridized carbons (Fsp3) is 0.867. The third-order valence-corrected chi connectivity index (χ3v) is 5.89. The summed E-state index contributed by atoms with van der Waals surface area (Å²) in [6.45, 7) is 9.75. The van der Waals surface area contributed by atoms with Crippen molar-refractivity contribution in [1.82, 2.24) is 0 Å². The van der Waals surface area contributed by atoms with Gasteiger partial charge in [0.05, 0.1) is 0 Å². The van der Waals surface area contributed by atoms with E-state index in [9.17, 15) is 0 Å². The Hall–Kier alpha value is -0.260. The van der Waals surface area contributed by atoms with Gasteiger partial charge in [-0.1, -0.05) is 32.4 Å². The van der Waals surface area contributed by atoms with Gasteiger partial charge in [-0.2, -0.15) is 0 Å². The van der Waals surface area contributed by atoms with Crippen molar-refractivity contribution >= 4 is 0 Å². The fourth-order valence-corrected chi connectivity index (χ4v) is 5.05. The van der Waals surface area contributed by atoms with Crippen LogP contribution in [-0.2, 0) is 0 Å². The van der Waals surface area contributed by atoms with Crippen LogP contribution in [0, 0.1) is 35.0 Å². The van der Waals surface area contributed by atoms with Gasteiger partial charge in [-0.3, -0.25) is 0 Å². The summed E-state index contributed by atoms with van der Waals surface area (Å²) in [5.41, 5.74) is 2.47. The second kappa shape index (κ2) is 2.90. The topological polar surface area (TPSA) is 0 Å². The Bertz CT molecular complexity index is 312. The van der Waals surface area contributed by atoms with Gasteiger partial charge in [0.2, 0.25) is 0 Å². The van der Waals surface area contributed by atoms with Gasteiger partial charge in [-0.15, -0.1) is 0 Å². The smallest absolute Gasteiger partial charge is 0.0104 e. The summed E-state index contributed by atoms with van der Waals surface area (Å²) < 4.78 is 0. The molecule has 1 spiro atoms. The van der Waals surface area contributed by atoms with E-state index >= 15 is 0 Å². The van der Waals surface area contributed by atoms with Crippen LogP contribution in [0.3, 0.4) is 0 Å². The maximum absolute atomic E-state index is 2.53. The molecule has 0 bridgehead atoms. The van der Waals surface area contributed by atoms with E-state index in [2.05, 4.69) is 33.8 Å². The molecular weight excluding hydrogens is 180 g/mol. The minimum Gasteiger partial charge on any atom is -0.0847 e. The first kappa shape index (κ1) is 9.93. The highest BCUT2D eigenvalue weighted by atomic mass is 14.8. The molecule has 5 atom stereocenters. The van der Waals surface area contributed by atoms with Crippen LogP contribution in [0.15, 0.2) is 11.6 Å². The van der Waals surface area contributed by atoms with Crippen molar-refractivity contribution in [1.29, 1.82) is 0 Å². The summed E-state index contributed by atoms with van der Waals surface area (Å²) in [4.78, 5) is 0. The molecule has 0 heterocycles. The summed E-state index contributed by atoms with van der Waals surface area (Å²) in [6, 6.07) is 0. The minimum atomic E-state index is 0.747. The molecule has 0 heteroatoms. The van der Waals surface area contributed by atoms with Crippen molar-refractivity contribution in [2.45, 2.75) is 47.0 Å². The zero-order chi connectivity index (χ0) is 10.8. The molecule has 0 aromatic heterocycles. The first-order chi connectivity index (χ1) is 7.09. The van der Waals surface area contributed by atoms with Crippen molar-refractivity contribution in [3.05, 3.63) is 11.6 Å². The summed E-state index contributed by atoms with van der Waals surface area (Å²) in [5, 5.41) is 0. The Balaban J connectivity index is 1.91. The van der Waals surface area contributed by atoms with Crippen LogP contribution in [0.4, 0.5) is 0 Å². The lowest BCUT2D eigenvalue weighted by Gasteiger charge is -2.35. The highest BCUT2D eigenvalue weighted by molar-refractivity contribution is 5.35. The molecule has 3 rings (SSSR count). The summed E-state index contributed by atoms with van der Waals surface area (Å²) in [5.74, 6) is 4.96. The molecule has 0 aromatic rings. The van der Waals surface area contributed by atoms with Crippen LogP contribution in [-0.4, -0.2) is 0 Å². The van der Waals surface area contributed by atoms with E-state index in [4.69, 9.17) is 0 Å². The molecule has 0 aliphatic heterocycles. The second-order valence-corrected chi connectivity index (χ2v) is 6.65. The number of fused-ring (bicyclic) bond motifs is 1. The van der Waals surface area contributed by atoms with E-state index in [1.54, 1.807) is 5.57 Å². The monoisotopic (exact) mass is 204 g/mol. The zero-order valence-electron chi connectivity index (χ0n) is 10.6. The largest absolute Gasteiger partial charge is 0.0847 e. The van der Waals surface area contributed by atoms with Gasteiger partial charge in [0.1, 0.15) is 0 Å². The Labute approximate surface area is 94.1 Å². The number of hydrogen-bond donors (Lipinski definition) is 0. The van der Waals surface area contributed by atoms with Crippen LogP contribution >= 0.6 is 0 Å².